The number of hydrogen-bond acceptors (Lipinski definition) is 7. The Balaban J connectivity index is 0.000000815. The normalized spacial score (nSPS) is 10.1. The highest BCUT2D eigenvalue weighted by molar-refractivity contribution is 5.95. The van der Waals surface area contributed by atoms with Gasteiger partial charge in [0.2, 0.25) is 0 Å². The second-order valence-corrected chi connectivity index (χ2v) is 7.12. The summed E-state index contributed by atoms with van der Waals surface area (Å²) in [7, 11) is 1.50. The van der Waals surface area contributed by atoms with Crippen LogP contribution in [0.4, 0.5) is 21.6 Å². The lowest BCUT2D eigenvalue weighted by molar-refractivity contribution is 0.621. The van der Waals surface area contributed by atoms with E-state index in [-0.39, 0.29) is 5.82 Å². The zero-order valence-corrected chi connectivity index (χ0v) is 19.8. The minimum absolute atomic E-state index is 0.264. The number of anilines is 3. The van der Waals surface area contributed by atoms with Crippen molar-refractivity contribution in [2.75, 3.05) is 18.1 Å². The van der Waals surface area contributed by atoms with Gasteiger partial charge in [0.25, 0.3) is 0 Å². The summed E-state index contributed by atoms with van der Waals surface area (Å²) in [5.41, 5.74) is 14.5. The number of hydrogen-bond donors (Lipinski definition) is 3. The topological polar surface area (TPSA) is 131 Å². The molecule has 8 nitrogen and oxygen atoms in total. The number of nitrogens with two attached hydrogens (primary N) is 2. The number of aromatic nitrogens is 4. The van der Waals surface area contributed by atoms with Gasteiger partial charge >= 0.3 is 0 Å². The fourth-order valence-electron chi connectivity index (χ4n) is 3.55. The molecule has 2 aromatic heterocycles. The Hall–Kier alpha value is -4.55. The Labute approximate surface area is 203 Å². The molecule has 0 aliphatic heterocycles. The molecular weight excluding hydrogens is 443 g/mol. The minimum atomic E-state index is -0.264. The number of nitriles is 1. The first-order chi connectivity index (χ1) is 17.1. The molecule has 0 atom stereocenters. The summed E-state index contributed by atoms with van der Waals surface area (Å²) >= 11 is 0. The van der Waals surface area contributed by atoms with Gasteiger partial charge in [0, 0.05) is 16.5 Å². The number of fused-ring (bicyclic) bond motifs is 2. The molecule has 0 saturated carbocycles. The molecule has 35 heavy (non-hydrogen) atoms. The van der Waals surface area contributed by atoms with E-state index in [1.54, 1.807) is 24.4 Å². The SMILES string of the molecule is CC.CN.N#Cc1cc2ncnc(Nc3ccc4c(cnn4Cc4cccc(F)c4)c3)c2cc1N. The molecule has 5 rings (SSSR count). The molecule has 5 N–H and O–H groups in total. The molecule has 3 aromatic carbocycles. The lowest BCUT2D eigenvalue weighted by atomic mass is 10.1. The molecule has 0 spiro atoms. The number of nitrogen functional groups attached to an aromatic ring is 1. The third-order valence-electron chi connectivity index (χ3n) is 5.05. The van der Waals surface area contributed by atoms with Crippen molar-refractivity contribution in [1.82, 2.24) is 19.7 Å². The van der Waals surface area contributed by atoms with Crippen molar-refractivity contribution < 1.29 is 4.39 Å². The Morgan fingerprint density at radius 2 is 1.86 bits per heavy atom. The first-order valence-electron chi connectivity index (χ1n) is 11.1. The van der Waals surface area contributed by atoms with Crippen LogP contribution in [0.5, 0.6) is 0 Å². The van der Waals surface area contributed by atoms with Crippen molar-refractivity contribution in [2.45, 2.75) is 20.4 Å². The van der Waals surface area contributed by atoms with Gasteiger partial charge in [-0.15, -0.1) is 0 Å². The van der Waals surface area contributed by atoms with Gasteiger partial charge in [-0.25, -0.2) is 14.4 Å². The first-order valence-corrected chi connectivity index (χ1v) is 11.1. The molecular formula is C26H27FN8. The Kier molecular flexibility index (Phi) is 8.27. The van der Waals surface area contributed by atoms with E-state index < -0.39 is 0 Å². The monoisotopic (exact) mass is 470 g/mol. The van der Waals surface area contributed by atoms with Crippen molar-refractivity contribution in [3.63, 3.8) is 0 Å². The summed E-state index contributed by atoms with van der Waals surface area (Å²) in [6.45, 7) is 4.48. The first kappa shape index (κ1) is 25.1. The van der Waals surface area contributed by atoms with Gasteiger partial charge in [0.05, 0.1) is 35.0 Å². The number of benzene rings is 3. The summed E-state index contributed by atoms with van der Waals surface area (Å²) in [5.74, 6) is 0.327. The highest BCUT2D eigenvalue weighted by atomic mass is 19.1. The molecule has 0 aliphatic carbocycles. The number of halogens is 1. The highest BCUT2D eigenvalue weighted by Crippen LogP contribution is 2.28. The average Bonchev–Trinajstić information content (AvgIpc) is 3.28. The smallest absolute Gasteiger partial charge is 0.141 e. The molecule has 0 saturated heterocycles. The predicted octanol–water partition coefficient (Wildman–Crippen LogP) is 4.97. The van der Waals surface area contributed by atoms with Crippen LogP contribution in [0.2, 0.25) is 0 Å². The molecule has 9 heteroatoms. The van der Waals surface area contributed by atoms with Crippen LogP contribution in [-0.2, 0) is 6.54 Å². The quantitative estimate of drug-likeness (QED) is 0.316. The van der Waals surface area contributed by atoms with E-state index in [1.165, 1.54) is 25.5 Å². The highest BCUT2D eigenvalue weighted by Gasteiger charge is 2.10. The van der Waals surface area contributed by atoms with E-state index in [1.807, 2.05) is 42.8 Å². The summed E-state index contributed by atoms with van der Waals surface area (Å²) in [5, 5.41) is 18.6. The molecule has 0 unspecified atom stereocenters. The Morgan fingerprint density at radius 1 is 1.06 bits per heavy atom. The van der Waals surface area contributed by atoms with Gasteiger partial charge in [-0.2, -0.15) is 10.4 Å². The molecule has 0 fully saturated rings. The molecule has 0 radical (unpaired) electrons. The maximum Gasteiger partial charge on any atom is 0.141 e. The van der Waals surface area contributed by atoms with Crippen molar-refractivity contribution in [3.8, 4) is 6.07 Å². The summed E-state index contributed by atoms with van der Waals surface area (Å²) in [6.07, 6.45) is 3.21. The summed E-state index contributed by atoms with van der Waals surface area (Å²) < 4.78 is 15.3. The molecule has 0 bridgehead atoms. The van der Waals surface area contributed by atoms with E-state index >= 15 is 0 Å². The third kappa shape index (κ3) is 5.51. The summed E-state index contributed by atoms with van der Waals surface area (Å²) in [6, 6.07) is 17.7. The lowest BCUT2D eigenvalue weighted by Crippen LogP contribution is -2.02. The van der Waals surface area contributed by atoms with Crippen LogP contribution >= 0.6 is 0 Å². The second-order valence-electron chi connectivity index (χ2n) is 7.12. The zero-order chi connectivity index (χ0) is 25.4. The van der Waals surface area contributed by atoms with Gasteiger partial charge in [0.1, 0.15) is 24.0 Å². The van der Waals surface area contributed by atoms with Gasteiger partial charge in [-0.1, -0.05) is 26.0 Å². The van der Waals surface area contributed by atoms with E-state index in [0.717, 1.165) is 27.5 Å². The van der Waals surface area contributed by atoms with Crippen LogP contribution < -0.4 is 16.8 Å². The molecule has 178 valence electrons. The second kappa shape index (κ2) is 11.5. The fraction of sp³-hybridized carbons (Fsp3) is 0.154. The van der Waals surface area contributed by atoms with Gasteiger partial charge in [-0.05, 0) is 55.1 Å². The molecule has 2 heterocycles. The third-order valence-corrected chi connectivity index (χ3v) is 5.05. The lowest BCUT2D eigenvalue weighted by Gasteiger charge is -2.10. The molecule has 0 amide bonds. The fourth-order valence-corrected chi connectivity index (χ4v) is 3.55. The Bertz CT molecular complexity index is 1490. The van der Waals surface area contributed by atoms with Gasteiger partial charge in [-0.3, -0.25) is 4.68 Å². The van der Waals surface area contributed by atoms with Crippen LogP contribution in [-0.4, -0.2) is 26.8 Å². The van der Waals surface area contributed by atoms with E-state index in [2.05, 4.69) is 32.2 Å². The number of nitrogens with one attached hydrogen (secondary N) is 1. The van der Waals surface area contributed by atoms with Gasteiger partial charge in [0.15, 0.2) is 0 Å². The summed E-state index contributed by atoms with van der Waals surface area (Å²) in [4.78, 5) is 8.57. The molecule has 0 aliphatic rings. The minimum Gasteiger partial charge on any atom is -0.398 e. The van der Waals surface area contributed by atoms with Crippen molar-refractivity contribution in [2.24, 2.45) is 5.73 Å². The van der Waals surface area contributed by atoms with E-state index in [4.69, 9.17) is 5.73 Å². The largest absolute Gasteiger partial charge is 0.398 e. The Morgan fingerprint density at radius 3 is 2.60 bits per heavy atom. The standard InChI is InChI=1S/C23H16FN7.C2H6.CH5N/c24-17-3-1-2-14(6-17)12-31-22-5-4-18(7-16(22)11-29-31)30-23-19-9-20(26)15(10-25)8-21(19)27-13-28-23;2*1-2/h1-9,11,13H,12,26H2,(H,27,28,30);1-2H3;2H2,1H3. The van der Waals surface area contributed by atoms with E-state index in [0.29, 0.717) is 29.1 Å². The zero-order valence-electron chi connectivity index (χ0n) is 19.8. The number of rotatable bonds is 4. The van der Waals surface area contributed by atoms with Crippen molar-refractivity contribution >= 4 is 39.0 Å². The molecule has 5 aromatic rings. The van der Waals surface area contributed by atoms with Crippen LogP contribution in [0.15, 0.2) is 67.1 Å². The van der Waals surface area contributed by atoms with E-state index in [9.17, 15) is 9.65 Å². The predicted molar refractivity (Wildman–Crippen MR) is 139 cm³/mol. The number of nitrogens with zero attached hydrogens (tertiary/aromatic N) is 5. The van der Waals surface area contributed by atoms with Crippen LogP contribution in [0.25, 0.3) is 21.8 Å². The maximum atomic E-state index is 13.5. The van der Waals surface area contributed by atoms with Gasteiger partial charge < -0.3 is 16.8 Å². The van der Waals surface area contributed by atoms with Crippen molar-refractivity contribution in [1.29, 1.82) is 5.26 Å². The van der Waals surface area contributed by atoms with Crippen molar-refractivity contribution in [3.05, 3.63) is 84.1 Å². The van der Waals surface area contributed by atoms with Crippen LogP contribution in [0, 0.1) is 17.1 Å². The van der Waals surface area contributed by atoms with Crippen LogP contribution in [0.1, 0.15) is 25.0 Å². The van der Waals surface area contributed by atoms with Crippen LogP contribution in [0.3, 0.4) is 0 Å². The maximum absolute atomic E-state index is 13.5. The average molecular weight is 471 g/mol.